The molecule has 6 heteroatoms. The molecule has 3 heterocycles. The molecule has 1 saturated heterocycles. The minimum Gasteiger partial charge on any atom is -0.496 e. The van der Waals surface area contributed by atoms with Gasteiger partial charge in [0, 0.05) is 75.0 Å². The summed E-state index contributed by atoms with van der Waals surface area (Å²) in [4.78, 5) is 25.6. The van der Waals surface area contributed by atoms with Gasteiger partial charge in [-0.1, -0.05) is 18.2 Å². The van der Waals surface area contributed by atoms with Gasteiger partial charge in [0.25, 0.3) is 0 Å². The highest BCUT2D eigenvalue weighted by Crippen LogP contribution is 2.27. The zero-order valence-electron chi connectivity index (χ0n) is 16.7. The zero-order chi connectivity index (χ0) is 19.5. The normalized spacial score (nSPS) is 19.9. The van der Waals surface area contributed by atoms with Crippen LogP contribution < -0.4 is 4.74 Å². The summed E-state index contributed by atoms with van der Waals surface area (Å²) >= 11 is 0. The Kier molecular flexibility index (Phi) is 5.57. The second kappa shape index (κ2) is 8.27. The van der Waals surface area contributed by atoms with Crippen molar-refractivity contribution in [1.82, 2.24) is 19.8 Å². The lowest BCUT2D eigenvalue weighted by Gasteiger charge is -2.32. The number of hydrogen-bond acceptors (Lipinski definition) is 5. The molecule has 0 spiro atoms. The topological polar surface area (TPSA) is 58.6 Å². The van der Waals surface area contributed by atoms with E-state index in [0.717, 1.165) is 63.6 Å². The largest absolute Gasteiger partial charge is 0.496 e. The first-order valence-corrected chi connectivity index (χ1v) is 10.1. The van der Waals surface area contributed by atoms with E-state index < -0.39 is 0 Å². The third-order valence-electron chi connectivity index (χ3n) is 5.85. The highest BCUT2D eigenvalue weighted by Gasteiger charge is 2.26. The minimum atomic E-state index is 0.148. The number of benzene rings is 1. The van der Waals surface area contributed by atoms with Crippen molar-refractivity contribution in [3.63, 3.8) is 0 Å². The lowest BCUT2D eigenvalue weighted by molar-refractivity contribution is -0.130. The number of nitrogens with zero attached hydrogens (tertiary/aromatic N) is 4. The van der Waals surface area contributed by atoms with Crippen molar-refractivity contribution in [2.24, 2.45) is 0 Å². The highest BCUT2D eigenvalue weighted by atomic mass is 16.5. The van der Waals surface area contributed by atoms with E-state index in [1.807, 2.05) is 23.2 Å². The van der Waals surface area contributed by atoms with Crippen molar-refractivity contribution in [2.75, 3.05) is 26.7 Å². The molecular formula is C22H28N4O2. The number of carbonyl (C=O) groups excluding carboxylic acids is 1. The van der Waals surface area contributed by atoms with Crippen LogP contribution in [0.5, 0.6) is 5.75 Å². The van der Waals surface area contributed by atoms with Crippen LogP contribution in [0.1, 0.15) is 48.3 Å². The fraction of sp³-hybridized carbons (Fsp3) is 0.500. The summed E-state index contributed by atoms with van der Waals surface area (Å²) in [5.41, 5.74) is 3.59. The molecule has 1 aromatic heterocycles. The van der Waals surface area contributed by atoms with Crippen LogP contribution in [0, 0.1) is 0 Å². The maximum Gasteiger partial charge on any atom is 0.219 e. The SMILES string of the molecule is COc1ccccc1CN1CCc2nc([C@H]3CCCN(C(C)=O)C3)ncc2C1. The Hall–Kier alpha value is -2.47. The van der Waals surface area contributed by atoms with E-state index in [0.29, 0.717) is 0 Å². The summed E-state index contributed by atoms with van der Waals surface area (Å²) in [5.74, 6) is 2.25. The maximum absolute atomic E-state index is 11.7. The van der Waals surface area contributed by atoms with Crippen molar-refractivity contribution in [1.29, 1.82) is 0 Å². The number of carbonyl (C=O) groups is 1. The molecule has 1 aromatic carbocycles. The third-order valence-corrected chi connectivity index (χ3v) is 5.85. The molecule has 0 unspecified atom stereocenters. The Balaban J connectivity index is 1.45. The Morgan fingerprint density at radius 2 is 2.14 bits per heavy atom. The summed E-state index contributed by atoms with van der Waals surface area (Å²) in [7, 11) is 1.72. The third kappa shape index (κ3) is 4.02. The van der Waals surface area contributed by atoms with Gasteiger partial charge < -0.3 is 9.64 Å². The fourth-order valence-electron chi connectivity index (χ4n) is 4.27. The average Bonchev–Trinajstić information content (AvgIpc) is 2.74. The van der Waals surface area contributed by atoms with Crippen molar-refractivity contribution in [2.45, 2.75) is 45.2 Å². The predicted molar refractivity (Wildman–Crippen MR) is 107 cm³/mol. The number of para-hydroxylation sites is 1. The van der Waals surface area contributed by atoms with Gasteiger partial charge in [-0.2, -0.15) is 0 Å². The van der Waals surface area contributed by atoms with Gasteiger partial charge in [0.2, 0.25) is 5.91 Å². The highest BCUT2D eigenvalue weighted by molar-refractivity contribution is 5.73. The molecule has 2 aromatic rings. The van der Waals surface area contributed by atoms with Gasteiger partial charge in [-0.15, -0.1) is 0 Å². The first kappa shape index (κ1) is 18.9. The van der Waals surface area contributed by atoms with E-state index in [1.54, 1.807) is 14.0 Å². The number of amides is 1. The number of fused-ring (bicyclic) bond motifs is 1. The maximum atomic E-state index is 11.7. The van der Waals surface area contributed by atoms with Crippen molar-refractivity contribution in [3.8, 4) is 5.75 Å². The molecule has 148 valence electrons. The van der Waals surface area contributed by atoms with Crippen LogP contribution in [-0.2, 0) is 24.3 Å². The number of ether oxygens (including phenoxy) is 1. The summed E-state index contributed by atoms with van der Waals surface area (Å²) in [6.45, 7) is 5.94. The van der Waals surface area contributed by atoms with Crippen molar-refractivity contribution >= 4 is 5.91 Å². The molecule has 1 amide bonds. The average molecular weight is 380 g/mol. The van der Waals surface area contributed by atoms with E-state index in [4.69, 9.17) is 9.72 Å². The van der Waals surface area contributed by atoms with E-state index in [2.05, 4.69) is 22.0 Å². The Bertz CT molecular complexity index is 854. The first-order valence-electron chi connectivity index (χ1n) is 10.1. The van der Waals surface area contributed by atoms with Crippen LogP contribution in [0.25, 0.3) is 0 Å². The fourth-order valence-corrected chi connectivity index (χ4v) is 4.27. The lowest BCUT2D eigenvalue weighted by atomic mass is 9.96. The van der Waals surface area contributed by atoms with Gasteiger partial charge in [-0.05, 0) is 18.9 Å². The molecule has 28 heavy (non-hydrogen) atoms. The van der Waals surface area contributed by atoms with Gasteiger partial charge in [0.05, 0.1) is 7.11 Å². The van der Waals surface area contributed by atoms with Crippen LogP contribution in [0.15, 0.2) is 30.5 Å². The van der Waals surface area contributed by atoms with Crippen molar-refractivity contribution in [3.05, 3.63) is 53.1 Å². The number of piperidine rings is 1. The van der Waals surface area contributed by atoms with Gasteiger partial charge in [0.15, 0.2) is 0 Å². The number of likely N-dealkylation sites (tertiary alicyclic amines) is 1. The van der Waals surface area contributed by atoms with Crippen LogP contribution in [-0.4, -0.2) is 52.4 Å². The van der Waals surface area contributed by atoms with E-state index in [9.17, 15) is 4.79 Å². The molecule has 6 nitrogen and oxygen atoms in total. The quantitative estimate of drug-likeness (QED) is 0.816. The zero-order valence-corrected chi connectivity index (χ0v) is 16.7. The molecule has 0 bridgehead atoms. The molecule has 0 radical (unpaired) electrons. The van der Waals surface area contributed by atoms with Crippen LogP contribution in [0.3, 0.4) is 0 Å². The Morgan fingerprint density at radius 1 is 1.29 bits per heavy atom. The van der Waals surface area contributed by atoms with Crippen LogP contribution in [0.2, 0.25) is 0 Å². The molecule has 1 atom stereocenters. The summed E-state index contributed by atoms with van der Waals surface area (Å²) in [6, 6.07) is 8.19. The molecule has 2 aliphatic heterocycles. The smallest absolute Gasteiger partial charge is 0.219 e. The van der Waals surface area contributed by atoms with Crippen LogP contribution >= 0.6 is 0 Å². The Labute approximate surface area is 166 Å². The molecule has 4 rings (SSSR count). The lowest BCUT2D eigenvalue weighted by Crippen LogP contribution is -2.38. The molecule has 1 fully saturated rings. The van der Waals surface area contributed by atoms with Gasteiger partial charge in [-0.25, -0.2) is 9.97 Å². The van der Waals surface area contributed by atoms with Crippen LogP contribution in [0.4, 0.5) is 0 Å². The number of methoxy groups -OCH3 is 1. The Morgan fingerprint density at radius 3 is 2.96 bits per heavy atom. The summed E-state index contributed by atoms with van der Waals surface area (Å²) < 4.78 is 5.49. The standard InChI is InChI=1S/C22H28N4O2/c1-16(27)26-10-5-7-18(15-26)22-23-12-19-14-25(11-9-20(19)24-22)13-17-6-3-4-8-21(17)28-2/h3-4,6,8,12,18H,5,7,9-11,13-15H2,1-2H3/t18-/m0/s1. The van der Waals surface area contributed by atoms with Gasteiger partial charge in [0.1, 0.15) is 11.6 Å². The molecule has 2 aliphatic rings. The van der Waals surface area contributed by atoms with E-state index in [-0.39, 0.29) is 11.8 Å². The summed E-state index contributed by atoms with van der Waals surface area (Å²) in [6.07, 6.45) is 5.02. The molecular weight excluding hydrogens is 352 g/mol. The number of hydrogen-bond donors (Lipinski definition) is 0. The van der Waals surface area contributed by atoms with Crippen molar-refractivity contribution < 1.29 is 9.53 Å². The van der Waals surface area contributed by atoms with E-state index >= 15 is 0 Å². The second-order valence-electron chi connectivity index (χ2n) is 7.78. The summed E-state index contributed by atoms with van der Waals surface area (Å²) in [5, 5.41) is 0. The second-order valence-corrected chi connectivity index (χ2v) is 7.78. The molecule has 0 aliphatic carbocycles. The minimum absolute atomic E-state index is 0.148. The molecule has 0 saturated carbocycles. The van der Waals surface area contributed by atoms with Gasteiger partial charge >= 0.3 is 0 Å². The first-order chi connectivity index (χ1) is 13.6. The van der Waals surface area contributed by atoms with E-state index in [1.165, 1.54) is 16.8 Å². The van der Waals surface area contributed by atoms with Gasteiger partial charge in [-0.3, -0.25) is 9.69 Å². The molecule has 0 N–H and O–H groups in total. The predicted octanol–water partition coefficient (Wildman–Crippen LogP) is 2.77. The monoisotopic (exact) mass is 380 g/mol. The number of aromatic nitrogens is 2. The number of rotatable bonds is 4.